The lowest BCUT2D eigenvalue weighted by Gasteiger charge is -2.29. The summed E-state index contributed by atoms with van der Waals surface area (Å²) >= 11 is 0. The molecule has 0 saturated carbocycles. The first-order chi connectivity index (χ1) is 11.0. The fraction of sp³-hybridized carbons (Fsp3) is 0.867. The Morgan fingerprint density at radius 1 is 1.35 bits per heavy atom. The Bertz CT molecular complexity index is 418. The number of unbranched alkanes of at least 4 members (excludes halogenated alkanes) is 1. The van der Waals surface area contributed by atoms with Gasteiger partial charge in [-0.15, -0.1) is 0 Å². The molecular weight excluding hydrogens is 300 g/mol. The lowest BCUT2D eigenvalue weighted by molar-refractivity contribution is -0.139. The van der Waals surface area contributed by atoms with E-state index < -0.39 is 6.04 Å². The molecule has 23 heavy (non-hydrogen) atoms. The number of fused-ring (bicyclic) bond motifs is 2. The van der Waals surface area contributed by atoms with Gasteiger partial charge < -0.3 is 9.80 Å². The van der Waals surface area contributed by atoms with Crippen LogP contribution in [-0.2, 0) is 14.5 Å². The minimum Gasteiger partial charge on any atom is -0.309 e. The standard InChI is InChI=1S/C15H28N4O4/c1-4-5-9-23-19-12-6-7-13(18(11-12)15(19)21)14(20)16-22-10-8-17(2)3/h12-13H,4-11H2,1-3H3,(H,16,20)/t12?,13-/m0/s1. The molecule has 2 bridgehead atoms. The van der Waals surface area contributed by atoms with E-state index >= 15 is 0 Å². The third-order valence-corrected chi connectivity index (χ3v) is 4.17. The number of amides is 3. The summed E-state index contributed by atoms with van der Waals surface area (Å²) in [6, 6.07) is -0.631. The molecule has 0 spiro atoms. The molecule has 2 rings (SSSR count). The molecule has 2 fully saturated rings. The first-order valence-corrected chi connectivity index (χ1v) is 8.33. The van der Waals surface area contributed by atoms with Gasteiger partial charge in [0, 0.05) is 13.1 Å². The predicted molar refractivity (Wildman–Crippen MR) is 84.3 cm³/mol. The number of hydrogen-bond acceptors (Lipinski definition) is 5. The van der Waals surface area contributed by atoms with E-state index in [1.54, 1.807) is 4.90 Å². The highest BCUT2D eigenvalue weighted by Crippen LogP contribution is 2.30. The molecule has 8 heteroatoms. The number of rotatable bonds is 9. The maximum Gasteiger partial charge on any atom is 0.345 e. The second-order valence-corrected chi connectivity index (χ2v) is 6.31. The molecule has 0 aromatic carbocycles. The lowest BCUT2D eigenvalue weighted by atomic mass is 10.0. The van der Waals surface area contributed by atoms with Crippen molar-refractivity contribution >= 4 is 11.9 Å². The van der Waals surface area contributed by atoms with Crippen molar-refractivity contribution in [3.8, 4) is 0 Å². The summed E-state index contributed by atoms with van der Waals surface area (Å²) in [7, 11) is 3.87. The number of nitrogens with one attached hydrogen (secondary N) is 1. The topological polar surface area (TPSA) is 74.3 Å². The number of carbonyl (C=O) groups excluding carboxylic acids is 2. The Hall–Kier alpha value is -1.38. The van der Waals surface area contributed by atoms with Crippen molar-refractivity contribution in [1.29, 1.82) is 0 Å². The molecule has 0 aromatic rings. The second kappa shape index (κ2) is 8.47. The van der Waals surface area contributed by atoms with Gasteiger partial charge in [0.05, 0.1) is 19.3 Å². The number of hydroxylamine groups is 3. The quantitative estimate of drug-likeness (QED) is 0.495. The largest absolute Gasteiger partial charge is 0.345 e. The Morgan fingerprint density at radius 3 is 2.83 bits per heavy atom. The number of piperidine rings is 1. The molecule has 132 valence electrons. The molecule has 2 aliphatic heterocycles. The van der Waals surface area contributed by atoms with Gasteiger partial charge in [0.2, 0.25) is 0 Å². The number of likely N-dealkylation sites (N-methyl/N-ethyl adjacent to an activating group) is 1. The summed E-state index contributed by atoms with van der Waals surface area (Å²) in [5.41, 5.74) is 2.46. The van der Waals surface area contributed by atoms with Crippen LogP contribution in [0.4, 0.5) is 4.79 Å². The highest BCUT2D eigenvalue weighted by Gasteiger charge is 2.47. The monoisotopic (exact) mass is 328 g/mol. The van der Waals surface area contributed by atoms with E-state index in [4.69, 9.17) is 9.68 Å². The van der Waals surface area contributed by atoms with E-state index in [1.807, 2.05) is 19.0 Å². The average molecular weight is 328 g/mol. The highest BCUT2D eigenvalue weighted by molar-refractivity contribution is 5.87. The van der Waals surface area contributed by atoms with Crippen LogP contribution >= 0.6 is 0 Å². The van der Waals surface area contributed by atoms with Crippen molar-refractivity contribution in [2.75, 3.05) is 40.4 Å². The molecule has 1 N–H and O–H groups in total. The fourth-order valence-corrected chi connectivity index (χ4v) is 2.80. The van der Waals surface area contributed by atoms with Crippen LogP contribution < -0.4 is 5.48 Å². The summed E-state index contributed by atoms with van der Waals surface area (Å²) in [5.74, 6) is -0.258. The minimum atomic E-state index is -0.474. The number of urea groups is 1. The van der Waals surface area contributed by atoms with Gasteiger partial charge in [0.25, 0.3) is 5.91 Å². The molecule has 2 aliphatic rings. The zero-order chi connectivity index (χ0) is 16.8. The summed E-state index contributed by atoms with van der Waals surface area (Å²) < 4.78 is 0. The molecule has 0 aliphatic carbocycles. The Morgan fingerprint density at radius 2 is 2.13 bits per heavy atom. The van der Waals surface area contributed by atoms with Gasteiger partial charge in [-0.2, -0.15) is 5.06 Å². The van der Waals surface area contributed by atoms with Crippen LogP contribution in [-0.4, -0.2) is 79.3 Å². The highest BCUT2D eigenvalue weighted by atomic mass is 16.7. The van der Waals surface area contributed by atoms with E-state index in [-0.39, 0.29) is 18.0 Å². The molecule has 0 radical (unpaired) electrons. The van der Waals surface area contributed by atoms with Crippen molar-refractivity contribution in [3.05, 3.63) is 0 Å². The van der Waals surface area contributed by atoms with E-state index in [1.165, 1.54) is 5.06 Å². The van der Waals surface area contributed by atoms with Crippen LogP contribution in [0.15, 0.2) is 0 Å². The molecular formula is C15H28N4O4. The number of hydrogen-bond donors (Lipinski definition) is 1. The SMILES string of the molecule is CCCCON1C(=O)N2CC1CC[C@H]2C(=O)NOCCN(C)C. The predicted octanol–water partition coefficient (Wildman–Crippen LogP) is 0.596. The summed E-state index contributed by atoms with van der Waals surface area (Å²) in [6.07, 6.45) is 3.34. The maximum atomic E-state index is 12.4. The van der Waals surface area contributed by atoms with Crippen LogP contribution in [0.3, 0.4) is 0 Å². The number of carbonyl (C=O) groups is 2. The third-order valence-electron chi connectivity index (χ3n) is 4.17. The second-order valence-electron chi connectivity index (χ2n) is 6.31. The zero-order valence-corrected chi connectivity index (χ0v) is 14.3. The van der Waals surface area contributed by atoms with Crippen molar-refractivity contribution in [1.82, 2.24) is 20.3 Å². The van der Waals surface area contributed by atoms with Crippen molar-refractivity contribution < 1.29 is 19.3 Å². The van der Waals surface area contributed by atoms with E-state index in [0.29, 0.717) is 32.7 Å². The van der Waals surface area contributed by atoms with Crippen LogP contribution in [0.1, 0.15) is 32.6 Å². The van der Waals surface area contributed by atoms with E-state index in [9.17, 15) is 9.59 Å². The van der Waals surface area contributed by atoms with Crippen molar-refractivity contribution in [2.24, 2.45) is 0 Å². The first-order valence-electron chi connectivity index (χ1n) is 8.33. The molecule has 3 amide bonds. The third kappa shape index (κ3) is 4.55. The number of nitrogens with zero attached hydrogens (tertiary/aromatic N) is 3. The summed E-state index contributed by atoms with van der Waals surface area (Å²) in [4.78, 5) is 39.0. The van der Waals surface area contributed by atoms with Gasteiger partial charge in [-0.3, -0.25) is 14.5 Å². The smallest absolute Gasteiger partial charge is 0.309 e. The molecule has 2 atom stereocenters. The van der Waals surface area contributed by atoms with Gasteiger partial charge in [0.15, 0.2) is 0 Å². The van der Waals surface area contributed by atoms with Crippen LogP contribution in [0.2, 0.25) is 0 Å². The Labute approximate surface area is 137 Å². The van der Waals surface area contributed by atoms with Crippen LogP contribution in [0.5, 0.6) is 0 Å². The summed E-state index contributed by atoms with van der Waals surface area (Å²) in [6.45, 7) is 4.29. The van der Waals surface area contributed by atoms with Gasteiger partial charge in [-0.05, 0) is 33.4 Å². The van der Waals surface area contributed by atoms with Gasteiger partial charge >= 0.3 is 6.03 Å². The minimum absolute atomic E-state index is 0.0538. The Kier molecular flexibility index (Phi) is 6.61. The first kappa shape index (κ1) is 18.0. The molecule has 2 heterocycles. The van der Waals surface area contributed by atoms with E-state index in [0.717, 1.165) is 19.3 Å². The maximum absolute atomic E-state index is 12.4. The molecule has 0 aromatic heterocycles. The summed E-state index contributed by atoms with van der Waals surface area (Å²) in [5, 5.41) is 1.45. The van der Waals surface area contributed by atoms with Crippen LogP contribution in [0.25, 0.3) is 0 Å². The normalized spacial score (nSPS) is 23.7. The zero-order valence-electron chi connectivity index (χ0n) is 14.3. The fourth-order valence-electron chi connectivity index (χ4n) is 2.80. The van der Waals surface area contributed by atoms with Gasteiger partial charge in [-0.25, -0.2) is 10.3 Å². The van der Waals surface area contributed by atoms with Crippen molar-refractivity contribution in [3.63, 3.8) is 0 Å². The molecule has 8 nitrogen and oxygen atoms in total. The van der Waals surface area contributed by atoms with Crippen LogP contribution in [0, 0.1) is 0 Å². The van der Waals surface area contributed by atoms with Gasteiger partial charge in [-0.1, -0.05) is 13.3 Å². The Balaban J connectivity index is 1.82. The van der Waals surface area contributed by atoms with Crippen molar-refractivity contribution in [2.45, 2.75) is 44.7 Å². The average Bonchev–Trinajstić information content (AvgIpc) is 2.76. The van der Waals surface area contributed by atoms with Gasteiger partial charge in [0.1, 0.15) is 6.04 Å². The van der Waals surface area contributed by atoms with E-state index in [2.05, 4.69) is 12.4 Å². The molecule has 2 saturated heterocycles. The lowest BCUT2D eigenvalue weighted by Crippen LogP contribution is -2.50. The molecule has 1 unspecified atom stereocenters.